The van der Waals surface area contributed by atoms with Gasteiger partial charge in [0.25, 0.3) is 10.2 Å². The second-order valence-electron chi connectivity index (χ2n) is 5.77. The Balaban J connectivity index is 2.16. The highest BCUT2D eigenvalue weighted by Gasteiger charge is 2.47. The van der Waals surface area contributed by atoms with Gasteiger partial charge >= 0.3 is 11.9 Å². The predicted octanol–water partition coefficient (Wildman–Crippen LogP) is -0.0888. The summed E-state index contributed by atoms with van der Waals surface area (Å²) in [5.74, 6) is -2.49. The van der Waals surface area contributed by atoms with Crippen molar-refractivity contribution >= 4 is 22.1 Å². The van der Waals surface area contributed by atoms with Gasteiger partial charge in [0.2, 0.25) is 0 Å². The monoisotopic (exact) mass is 334 g/mol. The van der Waals surface area contributed by atoms with E-state index in [9.17, 15) is 18.0 Å². The third-order valence-corrected chi connectivity index (χ3v) is 6.26. The largest absolute Gasteiger partial charge is 0.481 e. The van der Waals surface area contributed by atoms with Crippen LogP contribution in [-0.4, -0.2) is 66.4 Å². The van der Waals surface area contributed by atoms with Crippen LogP contribution >= 0.6 is 0 Å². The van der Waals surface area contributed by atoms with Crippen LogP contribution in [-0.2, 0) is 24.5 Å². The molecular weight excluding hydrogens is 312 g/mol. The van der Waals surface area contributed by atoms with Gasteiger partial charge in [0.05, 0.1) is 12.5 Å². The molecule has 0 amide bonds. The number of rotatable bonds is 5. The topological polar surface area (TPSA) is 104 Å². The van der Waals surface area contributed by atoms with Gasteiger partial charge in [0, 0.05) is 19.6 Å². The second-order valence-corrected chi connectivity index (χ2v) is 7.65. The van der Waals surface area contributed by atoms with Crippen LogP contribution in [0.2, 0.25) is 0 Å². The number of nitrogens with zero attached hydrogens (tertiary/aromatic N) is 2. The summed E-state index contributed by atoms with van der Waals surface area (Å²) >= 11 is 0. The lowest BCUT2D eigenvalue weighted by Crippen LogP contribution is -2.48. The molecule has 1 unspecified atom stereocenters. The van der Waals surface area contributed by atoms with Crippen LogP contribution < -0.4 is 0 Å². The molecule has 0 saturated carbocycles. The lowest BCUT2D eigenvalue weighted by Gasteiger charge is -2.27. The molecule has 2 saturated heterocycles. The quantitative estimate of drug-likeness (QED) is 0.705. The van der Waals surface area contributed by atoms with Crippen LogP contribution in [0.4, 0.5) is 0 Å². The number of hydrogen-bond acceptors (Lipinski definition) is 5. The summed E-state index contributed by atoms with van der Waals surface area (Å²) in [6.45, 7) is 3.96. The fraction of sp³-hybridized carbons (Fsp3) is 0.846. The standard InChI is InChI=1S/C13H22N2O6S/c1-3-21-13(18)11-5-4-6-15(11)22(19,20)14-7-9(2)10(8-14)12(16)17/h9-11H,3-8H2,1-2H3,(H,16,17)/t9-,10-,11?/m1/s1. The van der Waals surface area contributed by atoms with Crippen molar-refractivity contribution in [3.8, 4) is 0 Å². The molecule has 0 aliphatic carbocycles. The Morgan fingerprint density at radius 3 is 2.55 bits per heavy atom. The average molecular weight is 334 g/mol. The van der Waals surface area contributed by atoms with E-state index in [0.717, 1.165) is 4.31 Å². The van der Waals surface area contributed by atoms with Crippen LogP contribution in [0.15, 0.2) is 0 Å². The van der Waals surface area contributed by atoms with Gasteiger partial charge in [0.15, 0.2) is 0 Å². The average Bonchev–Trinajstić information content (AvgIpc) is 3.05. The predicted molar refractivity (Wildman–Crippen MR) is 77.1 cm³/mol. The molecule has 22 heavy (non-hydrogen) atoms. The van der Waals surface area contributed by atoms with Gasteiger partial charge in [-0.3, -0.25) is 9.59 Å². The van der Waals surface area contributed by atoms with Gasteiger partial charge in [-0.25, -0.2) is 0 Å². The fourth-order valence-electron chi connectivity index (χ4n) is 3.07. The van der Waals surface area contributed by atoms with Crippen molar-refractivity contribution in [2.24, 2.45) is 11.8 Å². The van der Waals surface area contributed by atoms with E-state index in [1.165, 1.54) is 4.31 Å². The lowest BCUT2D eigenvalue weighted by molar-refractivity contribution is -0.147. The number of esters is 1. The summed E-state index contributed by atoms with van der Waals surface area (Å²) in [5.41, 5.74) is 0. The first kappa shape index (κ1) is 17.2. The van der Waals surface area contributed by atoms with Gasteiger partial charge < -0.3 is 9.84 Å². The smallest absolute Gasteiger partial charge is 0.324 e. The van der Waals surface area contributed by atoms with Crippen molar-refractivity contribution < 1.29 is 27.9 Å². The Bertz CT molecular complexity index is 549. The van der Waals surface area contributed by atoms with Crippen molar-refractivity contribution in [3.05, 3.63) is 0 Å². The maximum atomic E-state index is 12.7. The molecule has 9 heteroatoms. The number of carboxylic acid groups (broad SMARTS) is 1. The maximum absolute atomic E-state index is 12.7. The molecule has 1 N–H and O–H groups in total. The fourth-order valence-corrected chi connectivity index (χ4v) is 5.01. The summed E-state index contributed by atoms with van der Waals surface area (Å²) in [5, 5.41) is 9.13. The molecular formula is C13H22N2O6S. The van der Waals surface area contributed by atoms with Crippen molar-refractivity contribution in [1.82, 2.24) is 8.61 Å². The first-order valence-corrected chi connectivity index (χ1v) is 8.85. The van der Waals surface area contributed by atoms with E-state index in [2.05, 4.69) is 0 Å². The highest BCUT2D eigenvalue weighted by Crippen LogP contribution is 2.30. The van der Waals surface area contributed by atoms with Crippen LogP contribution in [0.3, 0.4) is 0 Å². The molecule has 2 fully saturated rings. The summed E-state index contributed by atoms with van der Waals surface area (Å²) < 4.78 is 32.7. The SMILES string of the molecule is CCOC(=O)C1CCCN1S(=O)(=O)N1C[C@@H](C)[C@H](C(=O)O)C1. The second kappa shape index (κ2) is 6.51. The normalized spacial score (nSPS) is 30.5. The first-order chi connectivity index (χ1) is 10.3. The molecule has 2 rings (SSSR count). The number of carboxylic acids is 1. The minimum absolute atomic E-state index is 0.0507. The number of carbonyl (C=O) groups excluding carboxylic acids is 1. The van der Waals surface area contributed by atoms with E-state index in [1.54, 1.807) is 13.8 Å². The number of hydrogen-bond donors (Lipinski definition) is 1. The van der Waals surface area contributed by atoms with Gasteiger partial charge in [-0.05, 0) is 25.7 Å². The first-order valence-electron chi connectivity index (χ1n) is 7.45. The molecule has 2 aliphatic heterocycles. The van der Waals surface area contributed by atoms with E-state index < -0.39 is 34.1 Å². The number of carbonyl (C=O) groups is 2. The zero-order valence-corrected chi connectivity index (χ0v) is 13.6. The molecule has 2 heterocycles. The van der Waals surface area contributed by atoms with Crippen LogP contribution in [0.1, 0.15) is 26.7 Å². The molecule has 0 spiro atoms. The molecule has 3 atom stereocenters. The third kappa shape index (κ3) is 3.11. The Kier molecular flexibility index (Phi) is 5.08. The molecule has 0 aromatic heterocycles. The zero-order chi connectivity index (χ0) is 16.5. The zero-order valence-electron chi connectivity index (χ0n) is 12.8. The Hall–Kier alpha value is -1.19. The van der Waals surface area contributed by atoms with Crippen molar-refractivity contribution in [2.45, 2.75) is 32.7 Å². The summed E-state index contributed by atoms with van der Waals surface area (Å²) in [4.78, 5) is 23.1. The van der Waals surface area contributed by atoms with Gasteiger partial charge in [-0.2, -0.15) is 17.0 Å². The Morgan fingerprint density at radius 2 is 2.00 bits per heavy atom. The van der Waals surface area contributed by atoms with E-state index >= 15 is 0 Å². The van der Waals surface area contributed by atoms with Crippen LogP contribution in [0, 0.1) is 11.8 Å². The molecule has 0 radical (unpaired) electrons. The Morgan fingerprint density at radius 1 is 1.32 bits per heavy atom. The minimum atomic E-state index is -3.85. The number of ether oxygens (including phenoxy) is 1. The maximum Gasteiger partial charge on any atom is 0.324 e. The van der Waals surface area contributed by atoms with Crippen molar-refractivity contribution in [2.75, 3.05) is 26.2 Å². The summed E-state index contributed by atoms with van der Waals surface area (Å²) in [7, 11) is -3.85. The number of aliphatic carboxylic acids is 1. The summed E-state index contributed by atoms with van der Waals surface area (Å²) in [6.07, 6.45) is 1.03. The van der Waals surface area contributed by atoms with Gasteiger partial charge in [-0.1, -0.05) is 6.92 Å². The highest BCUT2D eigenvalue weighted by molar-refractivity contribution is 7.86. The lowest BCUT2D eigenvalue weighted by atomic mass is 9.99. The van der Waals surface area contributed by atoms with Crippen LogP contribution in [0.5, 0.6) is 0 Å². The van der Waals surface area contributed by atoms with E-state index in [-0.39, 0.29) is 32.2 Å². The molecule has 2 aliphatic rings. The third-order valence-electron chi connectivity index (χ3n) is 4.28. The molecule has 0 aromatic carbocycles. The van der Waals surface area contributed by atoms with E-state index in [4.69, 9.17) is 9.84 Å². The van der Waals surface area contributed by atoms with Crippen molar-refractivity contribution in [3.63, 3.8) is 0 Å². The van der Waals surface area contributed by atoms with E-state index in [1.807, 2.05) is 0 Å². The van der Waals surface area contributed by atoms with Crippen molar-refractivity contribution in [1.29, 1.82) is 0 Å². The van der Waals surface area contributed by atoms with E-state index in [0.29, 0.717) is 12.8 Å². The highest BCUT2D eigenvalue weighted by atomic mass is 32.2. The molecule has 126 valence electrons. The summed E-state index contributed by atoms with van der Waals surface area (Å²) in [6, 6.07) is -0.802. The Labute approximate surface area is 130 Å². The van der Waals surface area contributed by atoms with Gasteiger partial charge in [-0.15, -0.1) is 0 Å². The van der Waals surface area contributed by atoms with Gasteiger partial charge in [0.1, 0.15) is 6.04 Å². The minimum Gasteiger partial charge on any atom is -0.481 e. The molecule has 0 bridgehead atoms. The molecule has 0 aromatic rings. The van der Waals surface area contributed by atoms with Crippen LogP contribution in [0.25, 0.3) is 0 Å². The molecule has 8 nitrogen and oxygen atoms in total.